The monoisotopic (exact) mass is 385 g/mol. The fourth-order valence-electron chi connectivity index (χ4n) is 2.36. The first-order valence-electron chi connectivity index (χ1n) is 8.89. The van der Waals surface area contributed by atoms with Crippen molar-refractivity contribution in [3.05, 3.63) is 114 Å². The lowest BCUT2D eigenvalue weighted by Gasteiger charge is -2.08. The Hall–Kier alpha value is -4.19. The number of hydrazone groups is 1. The number of benzene rings is 2. The zero-order valence-corrected chi connectivity index (χ0v) is 15.5. The van der Waals surface area contributed by atoms with E-state index in [1.54, 1.807) is 42.5 Å². The summed E-state index contributed by atoms with van der Waals surface area (Å²) in [4.78, 5) is 25.0. The molecular formula is C23H19N3O3. The Kier molecular flexibility index (Phi) is 6.90. The summed E-state index contributed by atoms with van der Waals surface area (Å²) in [6, 6.07) is 21.7. The Labute approximate surface area is 168 Å². The topological polar surface area (TPSA) is 83.7 Å². The molecule has 0 bridgehead atoms. The molecule has 29 heavy (non-hydrogen) atoms. The minimum atomic E-state index is -0.560. The van der Waals surface area contributed by atoms with Gasteiger partial charge in [-0.1, -0.05) is 60.7 Å². The van der Waals surface area contributed by atoms with Gasteiger partial charge in [0.1, 0.15) is 11.5 Å². The number of hydrogen-bond acceptors (Lipinski definition) is 4. The summed E-state index contributed by atoms with van der Waals surface area (Å²) in [7, 11) is 0. The van der Waals surface area contributed by atoms with Gasteiger partial charge in [-0.15, -0.1) is 0 Å². The van der Waals surface area contributed by atoms with Crippen LogP contribution in [-0.2, 0) is 4.79 Å². The molecule has 0 radical (unpaired) electrons. The molecule has 0 aliphatic carbocycles. The van der Waals surface area contributed by atoms with Crippen LogP contribution in [0.2, 0.25) is 0 Å². The molecule has 0 unspecified atom stereocenters. The maximum atomic E-state index is 12.5. The van der Waals surface area contributed by atoms with E-state index in [1.165, 1.54) is 18.6 Å². The average Bonchev–Trinajstić information content (AvgIpc) is 3.28. The summed E-state index contributed by atoms with van der Waals surface area (Å²) in [5, 5.41) is 6.47. The van der Waals surface area contributed by atoms with E-state index in [0.29, 0.717) is 11.3 Å². The van der Waals surface area contributed by atoms with Crippen molar-refractivity contribution in [2.75, 3.05) is 0 Å². The van der Waals surface area contributed by atoms with Crippen LogP contribution in [0, 0.1) is 0 Å². The molecule has 2 aromatic carbocycles. The first kappa shape index (κ1) is 19.6. The molecule has 0 saturated heterocycles. The van der Waals surface area contributed by atoms with Gasteiger partial charge in [-0.05, 0) is 35.9 Å². The van der Waals surface area contributed by atoms with E-state index in [-0.39, 0.29) is 5.70 Å². The van der Waals surface area contributed by atoms with Crippen LogP contribution in [0.4, 0.5) is 0 Å². The third kappa shape index (κ3) is 6.18. The van der Waals surface area contributed by atoms with Gasteiger partial charge in [-0.2, -0.15) is 5.10 Å². The Morgan fingerprint density at radius 2 is 1.62 bits per heavy atom. The van der Waals surface area contributed by atoms with Gasteiger partial charge in [-0.3, -0.25) is 9.59 Å². The van der Waals surface area contributed by atoms with Crippen LogP contribution in [-0.4, -0.2) is 18.0 Å². The largest absolute Gasteiger partial charge is 0.463 e. The highest BCUT2D eigenvalue weighted by atomic mass is 16.3. The van der Waals surface area contributed by atoms with Crippen molar-refractivity contribution in [2.45, 2.75) is 0 Å². The summed E-state index contributed by atoms with van der Waals surface area (Å²) in [6.45, 7) is 0. The maximum Gasteiger partial charge on any atom is 0.287 e. The van der Waals surface area contributed by atoms with Gasteiger partial charge >= 0.3 is 0 Å². The predicted octanol–water partition coefficient (Wildman–Crippen LogP) is 3.76. The second-order valence-corrected chi connectivity index (χ2v) is 5.88. The Morgan fingerprint density at radius 3 is 2.31 bits per heavy atom. The van der Waals surface area contributed by atoms with E-state index in [1.807, 2.05) is 42.5 Å². The molecule has 2 amide bonds. The van der Waals surface area contributed by atoms with Crippen LogP contribution in [0.15, 0.2) is 106 Å². The number of furan rings is 1. The van der Waals surface area contributed by atoms with Gasteiger partial charge < -0.3 is 9.73 Å². The highest BCUT2D eigenvalue weighted by Gasteiger charge is 2.13. The molecule has 3 aromatic rings. The van der Waals surface area contributed by atoms with Gasteiger partial charge in [-0.25, -0.2) is 5.43 Å². The van der Waals surface area contributed by atoms with Crippen molar-refractivity contribution in [3.8, 4) is 0 Å². The first-order chi connectivity index (χ1) is 14.2. The van der Waals surface area contributed by atoms with Crippen LogP contribution >= 0.6 is 0 Å². The van der Waals surface area contributed by atoms with Gasteiger partial charge in [0.15, 0.2) is 0 Å². The van der Waals surface area contributed by atoms with Gasteiger partial charge in [0, 0.05) is 5.56 Å². The Balaban J connectivity index is 1.74. The molecule has 0 fully saturated rings. The number of rotatable bonds is 7. The maximum absolute atomic E-state index is 12.5. The van der Waals surface area contributed by atoms with Crippen LogP contribution in [0.25, 0.3) is 6.08 Å². The molecule has 0 spiro atoms. The molecule has 0 aliphatic rings. The van der Waals surface area contributed by atoms with Gasteiger partial charge in [0.05, 0.1) is 12.5 Å². The van der Waals surface area contributed by atoms with Gasteiger partial charge in [0.2, 0.25) is 0 Å². The van der Waals surface area contributed by atoms with Crippen molar-refractivity contribution in [1.82, 2.24) is 10.7 Å². The van der Waals surface area contributed by atoms with Crippen molar-refractivity contribution in [1.29, 1.82) is 0 Å². The number of carbonyl (C=O) groups excluding carboxylic acids is 2. The Morgan fingerprint density at radius 1 is 0.897 bits per heavy atom. The standard InChI is InChI=1S/C23H19N3O3/c27-22(19-12-5-2-6-13-19)25-21(15-7-11-18-9-3-1-4-10-18)23(28)26-24-17-20-14-8-16-29-20/h1-17H,(H,25,27)(H,26,28)/b11-7+,21-15-,24-17+. The summed E-state index contributed by atoms with van der Waals surface area (Å²) in [5.41, 5.74) is 3.85. The predicted molar refractivity (Wildman–Crippen MR) is 112 cm³/mol. The van der Waals surface area contributed by atoms with E-state index in [2.05, 4.69) is 15.8 Å². The normalized spacial score (nSPS) is 11.7. The lowest BCUT2D eigenvalue weighted by molar-refractivity contribution is -0.117. The van der Waals surface area contributed by atoms with E-state index in [4.69, 9.17) is 4.42 Å². The fourth-order valence-corrected chi connectivity index (χ4v) is 2.36. The SMILES string of the molecule is O=C(N/N=C/c1ccco1)/C(=C/C=C/c1ccccc1)NC(=O)c1ccccc1. The smallest absolute Gasteiger partial charge is 0.287 e. The molecule has 0 saturated carbocycles. The third-order valence-corrected chi connectivity index (χ3v) is 3.78. The molecule has 0 aliphatic heterocycles. The summed E-state index contributed by atoms with van der Waals surface area (Å²) in [6.07, 6.45) is 7.91. The second kappa shape index (κ2) is 10.2. The quantitative estimate of drug-likeness (QED) is 0.281. The molecule has 144 valence electrons. The highest BCUT2D eigenvalue weighted by Crippen LogP contribution is 2.04. The van der Waals surface area contributed by atoms with Crippen LogP contribution < -0.4 is 10.7 Å². The average molecular weight is 385 g/mol. The number of nitrogens with one attached hydrogen (secondary N) is 2. The highest BCUT2D eigenvalue weighted by molar-refractivity contribution is 6.03. The van der Waals surface area contributed by atoms with Crippen LogP contribution in [0.3, 0.4) is 0 Å². The Bertz CT molecular complexity index is 1020. The number of allylic oxidation sites excluding steroid dienone is 2. The molecule has 3 rings (SSSR count). The van der Waals surface area contributed by atoms with Crippen LogP contribution in [0.1, 0.15) is 21.7 Å². The molecule has 0 atom stereocenters. The minimum Gasteiger partial charge on any atom is -0.463 e. The zero-order chi connectivity index (χ0) is 20.3. The van der Waals surface area contributed by atoms with Crippen molar-refractivity contribution >= 4 is 24.1 Å². The third-order valence-electron chi connectivity index (χ3n) is 3.78. The fraction of sp³-hybridized carbons (Fsp3) is 0. The summed E-state index contributed by atoms with van der Waals surface area (Å²) >= 11 is 0. The zero-order valence-electron chi connectivity index (χ0n) is 15.5. The van der Waals surface area contributed by atoms with E-state index >= 15 is 0 Å². The summed E-state index contributed by atoms with van der Waals surface area (Å²) in [5.74, 6) is -0.460. The second-order valence-electron chi connectivity index (χ2n) is 5.88. The van der Waals surface area contributed by atoms with Crippen molar-refractivity contribution < 1.29 is 14.0 Å². The number of amides is 2. The van der Waals surface area contributed by atoms with Gasteiger partial charge in [0.25, 0.3) is 11.8 Å². The number of nitrogens with zero attached hydrogens (tertiary/aromatic N) is 1. The summed E-state index contributed by atoms with van der Waals surface area (Å²) < 4.78 is 5.12. The molecule has 6 nitrogen and oxygen atoms in total. The molecule has 1 aromatic heterocycles. The van der Waals surface area contributed by atoms with Crippen LogP contribution in [0.5, 0.6) is 0 Å². The van der Waals surface area contributed by atoms with E-state index in [9.17, 15) is 9.59 Å². The minimum absolute atomic E-state index is 0.0580. The molecular weight excluding hydrogens is 366 g/mol. The van der Waals surface area contributed by atoms with Crippen molar-refractivity contribution in [2.24, 2.45) is 5.10 Å². The number of carbonyl (C=O) groups is 2. The van der Waals surface area contributed by atoms with E-state index in [0.717, 1.165) is 5.56 Å². The molecule has 1 heterocycles. The lowest BCUT2D eigenvalue weighted by atomic mass is 10.2. The lowest BCUT2D eigenvalue weighted by Crippen LogP contribution is -2.32. The first-order valence-corrected chi connectivity index (χ1v) is 8.89. The van der Waals surface area contributed by atoms with Crippen molar-refractivity contribution in [3.63, 3.8) is 0 Å². The molecule has 6 heteroatoms. The molecule has 2 N–H and O–H groups in total. The van der Waals surface area contributed by atoms with E-state index < -0.39 is 11.8 Å². The number of hydrogen-bond donors (Lipinski definition) is 2.